The van der Waals surface area contributed by atoms with Crippen LogP contribution in [0.15, 0.2) is 53.4 Å². The Hall–Kier alpha value is -2.91. The monoisotopic (exact) mass is 517 g/mol. The molecule has 2 aromatic rings. The molecule has 4 rings (SSSR count). The molecule has 0 aromatic heterocycles. The van der Waals surface area contributed by atoms with Crippen molar-refractivity contribution in [1.29, 1.82) is 0 Å². The van der Waals surface area contributed by atoms with Crippen molar-refractivity contribution in [3.8, 4) is 0 Å². The largest absolute Gasteiger partial charge is 0.352 e. The number of halogens is 1. The summed E-state index contributed by atoms with van der Waals surface area (Å²) in [6, 6.07) is 11.9. The van der Waals surface area contributed by atoms with Crippen LogP contribution >= 0.6 is 11.6 Å². The summed E-state index contributed by atoms with van der Waals surface area (Å²) in [6.07, 6.45) is 5.01. The first-order valence-electron chi connectivity index (χ1n) is 11.7. The Kier molecular flexibility index (Phi) is 7.47. The molecule has 10 heteroatoms. The molecule has 1 aliphatic heterocycles. The fourth-order valence-electron chi connectivity index (χ4n) is 4.54. The van der Waals surface area contributed by atoms with Crippen molar-refractivity contribution in [2.75, 3.05) is 6.54 Å². The zero-order chi connectivity index (χ0) is 25.2. The summed E-state index contributed by atoms with van der Waals surface area (Å²) >= 11 is 5.98. The van der Waals surface area contributed by atoms with Crippen molar-refractivity contribution >= 4 is 39.3 Å². The van der Waals surface area contributed by atoms with Crippen LogP contribution in [0.1, 0.15) is 54.9 Å². The number of nitrogens with zero attached hydrogens (tertiary/aromatic N) is 2. The third-order valence-electron chi connectivity index (χ3n) is 6.58. The minimum atomic E-state index is -4.15. The molecule has 8 nitrogen and oxygen atoms in total. The quantitative estimate of drug-likeness (QED) is 0.606. The number of benzene rings is 2. The Balaban J connectivity index is 1.56. The number of fused-ring (bicyclic) bond motifs is 1. The van der Waals surface area contributed by atoms with Crippen LogP contribution in [0.5, 0.6) is 0 Å². The maximum Gasteiger partial charge on any atom is 0.269 e. The first-order valence-corrected chi connectivity index (χ1v) is 13.5. The lowest BCUT2D eigenvalue weighted by molar-refractivity contribution is -0.140. The molecule has 1 aliphatic carbocycles. The highest BCUT2D eigenvalue weighted by Gasteiger charge is 2.43. The second-order valence-corrected chi connectivity index (χ2v) is 11.2. The highest BCUT2D eigenvalue weighted by molar-refractivity contribution is 7.90. The Morgan fingerprint density at radius 2 is 1.74 bits per heavy atom. The molecule has 1 fully saturated rings. The second kappa shape index (κ2) is 10.4. The van der Waals surface area contributed by atoms with E-state index in [9.17, 15) is 22.8 Å². The fraction of sp³-hybridized carbons (Fsp3) is 0.400. The second-order valence-electron chi connectivity index (χ2n) is 8.98. The summed E-state index contributed by atoms with van der Waals surface area (Å²) < 4.78 is 26.5. The number of carbonyl (C=O) groups is 3. The summed E-state index contributed by atoms with van der Waals surface area (Å²) in [7, 11) is -4.15. The SMILES string of the molecule is C[C@H](C(=O)NC1CCCCC1)N(Cc1ccc(Cl)cc1)C(=O)CN1C(=O)c2ccccc2S1(=O)=O. The third-order valence-corrected chi connectivity index (χ3v) is 8.61. The normalized spacial score (nSPS) is 18.1. The van der Waals surface area contributed by atoms with E-state index >= 15 is 0 Å². The van der Waals surface area contributed by atoms with Crippen LogP contribution in [0.3, 0.4) is 0 Å². The molecular formula is C25H28ClN3O5S. The van der Waals surface area contributed by atoms with Crippen LogP contribution in [0.4, 0.5) is 0 Å². The topological polar surface area (TPSA) is 104 Å². The predicted molar refractivity (Wildman–Crippen MR) is 131 cm³/mol. The molecule has 1 saturated carbocycles. The van der Waals surface area contributed by atoms with Gasteiger partial charge in [0.2, 0.25) is 11.8 Å². The summed E-state index contributed by atoms with van der Waals surface area (Å²) in [4.78, 5) is 40.5. The molecule has 0 unspecified atom stereocenters. The van der Waals surface area contributed by atoms with E-state index in [2.05, 4.69) is 5.32 Å². The average molecular weight is 518 g/mol. The van der Waals surface area contributed by atoms with Gasteiger partial charge in [0.15, 0.2) is 0 Å². The van der Waals surface area contributed by atoms with E-state index in [0.717, 1.165) is 37.7 Å². The molecule has 0 radical (unpaired) electrons. The van der Waals surface area contributed by atoms with Crippen LogP contribution in [0.2, 0.25) is 5.02 Å². The van der Waals surface area contributed by atoms with E-state index in [1.54, 1.807) is 37.3 Å². The van der Waals surface area contributed by atoms with Crippen molar-refractivity contribution in [3.63, 3.8) is 0 Å². The number of sulfonamides is 1. The van der Waals surface area contributed by atoms with Gasteiger partial charge in [-0.2, -0.15) is 0 Å². The van der Waals surface area contributed by atoms with Crippen LogP contribution in [-0.2, 0) is 26.2 Å². The first-order chi connectivity index (χ1) is 16.7. The Labute approximate surface area is 210 Å². The summed E-state index contributed by atoms with van der Waals surface area (Å²) in [5.74, 6) is -1.70. The third kappa shape index (κ3) is 5.36. The van der Waals surface area contributed by atoms with Crippen LogP contribution in [0.25, 0.3) is 0 Å². The number of hydrogen-bond donors (Lipinski definition) is 1. The molecule has 1 atom stereocenters. The van der Waals surface area contributed by atoms with Gasteiger partial charge in [0.1, 0.15) is 17.5 Å². The molecule has 186 valence electrons. The van der Waals surface area contributed by atoms with Crippen LogP contribution in [-0.4, -0.2) is 54.0 Å². The molecule has 35 heavy (non-hydrogen) atoms. The van der Waals surface area contributed by atoms with E-state index in [1.807, 2.05) is 0 Å². The van der Waals surface area contributed by atoms with Gasteiger partial charge in [-0.1, -0.05) is 55.1 Å². The van der Waals surface area contributed by atoms with Crippen LogP contribution < -0.4 is 5.32 Å². The molecule has 0 saturated heterocycles. The van der Waals surface area contributed by atoms with Gasteiger partial charge in [-0.05, 0) is 49.6 Å². The van der Waals surface area contributed by atoms with Crippen molar-refractivity contribution in [1.82, 2.24) is 14.5 Å². The zero-order valence-electron chi connectivity index (χ0n) is 19.4. The van der Waals surface area contributed by atoms with Crippen molar-refractivity contribution in [2.24, 2.45) is 0 Å². The van der Waals surface area contributed by atoms with Gasteiger partial charge in [-0.3, -0.25) is 14.4 Å². The van der Waals surface area contributed by atoms with E-state index in [4.69, 9.17) is 11.6 Å². The molecule has 0 spiro atoms. The Morgan fingerprint density at radius 1 is 1.09 bits per heavy atom. The van der Waals surface area contributed by atoms with Gasteiger partial charge < -0.3 is 10.2 Å². The molecule has 2 aromatic carbocycles. The summed E-state index contributed by atoms with van der Waals surface area (Å²) in [5.41, 5.74) is 0.756. The molecule has 1 heterocycles. The molecule has 1 N–H and O–H groups in total. The Morgan fingerprint density at radius 3 is 2.40 bits per heavy atom. The Bertz CT molecular complexity index is 1230. The summed E-state index contributed by atoms with van der Waals surface area (Å²) in [5, 5.41) is 3.56. The fourth-order valence-corrected chi connectivity index (χ4v) is 6.18. The van der Waals surface area contributed by atoms with E-state index in [0.29, 0.717) is 9.33 Å². The van der Waals surface area contributed by atoms with Gasteiger partial charge in [-0.15, -0.1) is 0 Å². The zero-order valence-corrected chi connectivity index (χ0v) is 21.0. The lowest BCUT2D eigenvalue weighted by atomic mass is 9.95. The van der Waals surface area contributed by atoms with Gasteiger partial charge in [0.25, 0.3) is 15.9 Å². The van der Waals surface area contributed by atoms with Crippen LogP contribution in [0, 0.1) is 0 Å². The number of amides is 3. The van der Waals surface area contributed by atoms with E-state index in [1.165, 1.54) is 23.1 Å². The lowest BCUT2D eigenvalue weighted by Crippen LogP contribution is -2.52. The van der Waals surface area contributed by atoms with Crippen molar-refractivity contribution < 1.29 is 22.8 Å². The van der Waals surface area contributed by atoms with E-state index < -0.39 is 34.4 Å². The maximum atomic E-state index is 13.5. The minimum absolute atomic E-state index is 0.0349. The summed E-state index contributed by atoms with van der Waals surface area (Å²) in [6.45, 7) is 0.982. The molecule has 2 aliphatic rings. The molecule has 3 amide bonds. The standard InChI is InChI=1S/C25H28ClN3O5S/c1-17(24(31)27-20-7-3-2-4-8-20)28(15-18-11-13-19(26)14-12-18)23(30)16-29-25(32)21-9-5-6-10-22(21)35(29,33)34/h5-6,9-14,17,20H,2-4,7-8,15-16H2,1H3,(H,27,31)/t17-/m1/s1. The van der Waals surface area contributed by atoms with E-state index in [-0.39, 0.29) is 29.0 Å². The highest BCUT2D eigenvalue weighted by Crippen LogP contribution is 2.30. The first kappa shape index (κ1) is 25.2. The molecule has 0 bridgehead atoms. The maximum absolute atomic E-state index is 13.5. The number of nitrogens with one attached hydrogen (secondary N) is 1. The molecular weight excluding hydrogens is 490 g/mol. The number of carbonyl (C=O) groups excluding carboxylic acids is 3. The predicted octanol–water partition coefficient (Wildman–Crippen LogP) is 3.35. The van der Waals surface area contributed by atoms with Gasteiger partial charge in [0.05, 0.1) is 5.56 Å². The average Bonchev–Trinajstić information content (AvgIpc) is 3.04. The van der Waals surface area contributed by atoms with Crippen molar-refractivity contribution in [3.05, 3.63) is 64.7 Å². The van der Waals surface area contributed by atoms with Gasteiger partial charge >= 0.3 is 0 Å². The lowest BCUT2D eigenvalue weighted by Gasteiger charge is -2.32. The smallest absolute Gasteiger partial charge is 0.269 e. The number of rotatable bonds is 7. The number of hydrogen-bond acceptors (Lipinski definition) is 5. The van der Waals surface area contributed by atoms with Crippen molar-refractivity contribution in [2.45, 2.75) is 62.6 Å². The highest BCUT2D eigenvalue weighted by atomic mass is 35.5. The van der Waals surface area contributed by atoms with Gasteiger partial charge in [0, 0.05) is 17.6 Å². The minimum Gasteiger partial charge on any atom is -0.352 e. The van der Waals surface area contributed by atoms with Gasteiger partial charge in [-0.25, -0.2) is 12.7 Å².